The van der Waals surface area contributed by atoms with Crippen molar-refractivity contribution in [3.63, 3.8) is 0 Å². The van der Waals surface area contributed by atoms with Crippen LogP contribution in [0, 0.1) is 10.1 Å². The first-order valence-electron chi connectivity index (χ1n) is 3.87. The summed E-state index contributed by atoms with van der Waals surface area (Å²) in [5, 5.41) is 19.7. The van der Waals surface area contributed by atoms with Crippen LogP contribution < -0.4 is 4.74 Å². The van der Waals surface area contributed by atoms with Gasteiger partial charge in [0.2, 0.25) is 5.75 Å². The first-order chi connectivity index (χ1) is 6.61. The zero-order valence-corrected chi connectivity index (χ0v) is 6.88. The number of aliphatic hydroxyl groups excluding tert-OH is 1. The Hall–Kier alpha value is -1.69. The van der Waals surface area contributed by atoms with E-state index in [1.54, 1.807) is 0 Å². The highest BCUT2D eigenvalue weighted by Gasteiger charge is 2.37. The number of benzene rings is 1. The molecule has 6 heteroatoms. The van der Waals surface area contributed by atoms with Gasteiger partial charge in [-0.25, -0.2) is 0 Å². The zero-order chi connectivity index (χ0) is 10.3. The molecule has 1 aromatic rings. The van der Waals surface area contributed by atoms with Crippen LogP contribution in [0.3, 0.4) is 0 Å². The Bertz CT molecular complexity index is 395. The molecule has 2 atom stereocenters. The molecule has 0 aliphatic carbocycles. The molecule has 1 aliphatic rings. The molecule has 0 fully saturated rings. The number of hydrogen-bond acceptors (Lipinski definition) is 4. The smallest absolute Gasteiger partial charge is 0.311 e. The Labute approximate surface area is 77.9 Å². The summed E-state index contributed by atoms with van der Waals surface area (Å²) in [4.78, 5) is 9.82. The Morgan fingerprint density at radius 3 is 2.93 bits per heavy atom. The maximum atomic E-state index is 12.9. The molecule has 2 rings (SSSR count). The number of rotatable bonds is 1. The number of halogens is 1. The Morgan fingerprint density at radius 1 is 1.57 bits per heavy atom. The van der Waals surface area contributed by atoms with E-state index in [4.69, 9.17) is 0 Å². The van der Waals surface area contributed by atoms with E-state index >= 15 is 0 Å². The van der Waals surface area contributed by atoms with Crippen molar-refractivity contribution in [3.8, 4) is 5.75 Å². The molecule has 0 aromatic heterocycles. The molecule has 0 saturated carbocycles. The molecule has 0 spiro atoms. The zero-order valence-electron chi connectivity index (χ0n) is 6.88. The van der Waals surface area contributed by atoms with Crippen molar-refractivity contribution in [2.45, 2.75) is 12.5 Å². The van der Waals surface area contributed by atoms with Crippen LogP contribution >= 0.6 is 0 Å². The molecule has 0 amide bonds. The van der Waals surface area contributed by atoms with Crippen LogP contribution in [-0.4, -0.2) is 16.4 Å². The molecular formula is C8H6FNO4. The molecule has 1 aliphatic heterocycles. The second-order valence-electron chi connectivity index (χ2n) is 2.87. The van der Waals surface area contributed by atoms with E-state index in [2.05, 4.69) is 4.74 Å². The first-order valence-corrected chi connectivity index (χ1v) is 3.87. The molecule has 1 heterocycles. The topological polar surface area (TPSA) is 72.6 Å². The number of para-hydroxylation sites is 1. The highest BCUT2D eigenvalue weighted by atomic mass is 19.1. The molecule has 1 aromatic carbocycles. The quantitative estimate of drug-likeness (QED) is 0.546. The van der Waals surface area contributed by atoms with Gasteiger partial charge in [-0.3, -0.25) is 10.1 Å². The van der Waals surface area contributed by atoms with Crippen molar-refractivity contribution in [1.82, 2.24) is 0 Å². The largest absolute Gasteiger partial charge is 0.450 e. The number of ether oxygens (including phenoxy) is 1. The van der Waals surface area contributed by atoms with Crippen molar-refractivity contribution in [2.24, 2.45) is 0 Å². The fourth-order valence-corrected chi connectivity index (χ4v) is 1.37. The van der Waals surface area contributed by atoms with Crippen LogP contribution in [0.1, 0.15) is 11.7 Å². The number of nitrogens with zero attached hydrogens (tertiary/aromatic N) is 1. The van der Waals surface area contributed by atoms with Gasteiger partial charge in [-0.05, 0) is 0 Å². The molecular weight excluding hydrogens is 193 g/mol. The minimum Gasteiger partial charge on any atom is -0.450 e. The van der Waals surface area contributed by atoms with Crippen LogP contribution in [0.5, 0.6) is 5.75 Å². The second kappa shape index (κ2) is 2.91. The third-order valence-corrected chi connectivity index (χ3v) is 2.02. The third kappa shape index (κ3) is 1.12. The number of hydrogen-bond donors (Lipinski definition) is 1. The highest BCUT2D eigenvalue weighted by Crippen LogP contribution is 2.42. The molecule has 74 valence electrons. The molecule has 5 nitrogen and oxygen atoms in total. The Balaban J connectivity index is 2.56. The average molecular weight is 199 g/mol. The van der Waals surface area contributed by atoms with Gasteiger partial charge in [0, 0.05) is 11.6 Å². The van der Waals surface area contributed by atoms with E-state index in [1.165, 1.54) is 18.2 Å². The van der Waals surface area contributed by atoms with Crippen molar-refractivity contribution in [3.05, 3.63) is 33.9 Å². The standard InChI is InChI=1S/C8H6FNO4/c9-8-6(11)4-2-1-3-5(10(12)13)7(4)14-8/h1-3,6,8,11H. The summed E-state index contributed by atoms with van der Waals surface area (Å²) < 4.78 is 17.4. The van der Waals surface area contributed by atoms with Gasteiger partial charge in [0.05, 0.1) is 4.92 Å². The van der Waals surface area contributed by atoms with Crippen molar-refractivity contribution in [1.29, 1.82) is 0 Å². The van der Waals surface area contributed by atoms with Crippen molar-refractivity contribution < 1.29 is 19.2 Å². The Morgan fingerprint density at radius 2 is 2.29 bits per heavy atom. The van der Waals surface area contributed by atoms with Gasteiger partial charge in [-0.15, -0.1) is 0 Å². The van der Waals surface area contributed by atoms with Crippen LogP contribution in [0.15, 0.2) is 18.2 Å². The Kier molecular flexibility index (Phi) is 1.85. The lowest BCUT2D eigenvalue weighted by Crippen LogP contribution is -2.11. The molecule has 0 saturated heterocycles. The second-order valence-corrected chi connectivity index (χ2v) is 2.87. The van der Waals surface area contributed by atoms with E-state index in [-0.39, 0.29) is 17.0 Å². The number of alkyl halides is 1. The summed E-state index contributed by atoms with van der Waals surface area (Å²) >= 11 is 0. The van der Waals surface area contributed by atoms with Gasteiger partial charge in [0.15, 0.2) is 0 Å². The van der Waals surface area contributed by atoms with Gasteiger partial charge in [-0.2, -0.15) is 4.39 Å². The average Bonchev–Trinajstić information content (AvgIpc) is 2.43. The van der Waals surface area contributed by atoms with Gasteiger partial charge < -0.3 is 9.84 Å². The summed E-state index contributed by atoms with van der Waals surface area (Å²) in [6.07, 6.45) is -3.36. The van der Waals surface area contributed by atoms with Crippen LogP contribution in [0.4, 0.5) is 10.1 Å². The monoisotopic (exact) mass is 199 g/mol. The van der Waals surface area contributed by atoms with Gasteiger partial charge in [0.25, 0.3) is 6.36 Å². The number of aliphatic hydroxyl groups is 1. The maximum Gasteiger partial charge on any atom is 0.311 e. The molecule has 2 unspecified atom stereocenters. The summed E-state index contributed by atoms with van der Waals surface area (Å²) in [7, 11) is 0. The normalized spacial score (nSPS) is 24.1. The van der Waals surface area contributed by atoms with Gasteiger partial charge in [-0.1, -0.05) is 12.1 Å². The van der Waals surface area contributed by atoms with Crippen LogP contribution in [-0.2, 0) is 0 Å². The van der Waals surface area contributed by atoms with Crippen molar-refractivity contribution in [2.75, 3.05) is 0 Å². The van der Waals surface area contributed by atoms with E-state index in [0.717, 1.165) is 0 Å². The summed E-state index contributed by atoms with van der Waals surface area (Å²) in [6, 6.07) is 3.97. The molecule has 0 radical (unpaired) electrons. The summed E-state index contributed by atoms with van der Waals surface area (Å²) in [5.74, 6) is -0.183. The molecule has 14 heavy (non-hydrogen) atoms. The van der Waals surface area contributed by atoms with Crippen LogP contribution in [0.25, 0.3) is 0 Å². The van der Waals surface area contributed by atoms with E-state index < -0.39 is 17.4 Å². The fraction of sp³-hybridized carbons (Fsp3) is 0.250. The predicted octanol–water partition coefficient (Wildman–Crippen LogP) is 1.32. The minimum atomic E-state index is -1.92. The summed E-state index contributed by atoms with van der Waals surface area (Å²) in [6.45, 7) is 0. The van der Waals surface area contributed by atoms with Crippen LogP contribution in [0.2, 0.25) is 0 Å². The van der Waals surface area contributed by atoms with Crippen molar-refractivity contribution >= 4 is 5.69 Å². The number of nitro groups is 1. The van der Waals surface area contributed by atoms with Gasteiger partial charge >= 0.3 is 5.69 Å². The lowest BCUT2D eigenvalue weighted by Gasteiger charge is -2.01. The third-order valence-electron chi connectivity index (χ3n) is 2.02. The van der Waals surface area contributed by atoms with E-state index in [0.29, 0.717) is 0 Å². The fourth-order valence-electron chi connectivity index (χ4n) is 1.37. The van der Waals surface area contributed by atoms with Gasteiger partial charge in [0.1, 0.15) is 6.10 Å². The van der Waals surface area contributed by atoms with E-state index in [9.17, 15) is 19.6 Å². The SMILES string of the molecule is O=[N+]([O-])c1cccc2c1OC(F)C2O. The predicted molar refractivity (Wildman–Crippen MR) is 43.6 cm³/mol. The lowest BCUT2D eigenvalue weighted by molar-refractivity contribution is -0.386. The highest BCUT2D eigenvalue weighted by molar-refractivity contribution is 5.54. The first kappa shape index (κ1) is 8.89. The number of nitro benzene ring substituents is 1. The number of fused-ring (bicyclic) bond motifs is 1. The molecule has 1 N–H and O–H groups in total. The van der Waals surface area contributed by atoms with E-state index in [1.807, 2.05) is 0 Å². The molecule has 0 bridgehead atoms. The maximum absolute atomic E-state index is 12.9. The summed E-state index contributed by atoms with van der Waals surface area (Å²) in [5.41, 5.74) is -0.214. The lowest BCUT2D eigenvalue weighted by atomic mass is 10.1. The minimum absolute atomic E-state index is 0.117.